The van der Waals surface area contributed by atoms with Gasteiger partial charge in [-0.1, -0.05) is 6.07 Å². The number of likely N-dealkylation sites (tertiary alicyclic amines) is 1. The Labute approximate surface area is 198 Å². The van der Waals surface area contributed by atoms with Gasteiger partial charge in [0.25, 0.3) is 0 Å². The second kappa shape index (κ2) is 8.07. The quantitative estimate of drug-likeness (QED) is 0.550. The molecule has 7 nitrogen and oxygen atoms in total. The molecular formula is C26H30FN3O4. The first-order valence-electron chi connectivity index (χ1n) is 12.3. The summed E-state index contributed by atoms with van der Waals surface area (Å²) in [6.45, 7) is 6.47. The van der Waals surface area contributed by atoms with E-state index in [-0.39, 0.29) is 24.1 Å². The molecule has 6 rings (SSSR count). The van der Waals surface area contributed by atoms with Gasteiger partial charge in [-0.25, -0.2) is 4.39 Å². The molecular weight excluding hydrogens is 437 g/mol. The van der Waals surface area contributed by atoms with Crippen molar-refractivity contribution in [1.82, 2.24) is 15.2 Å². The molecule has 34 heavy (non-hydrogen) atoms. The minimum atomic E-state index is -0.623. The van der Waals surface area contributed by atoms with E-state index in [4.69, 9.17) is 9.47 Å². The minimum Gasteiger partial charge on any atom is -0.381 e. The molecule has 0 aliphatic carbocycles. The summed E-state index contributed by atoms with van der Waals surface area (Å²) in [7, 11) is 0. The first kappa shape index (κ1) is 22.1. The summed E-state index contributed by atoms with van der Waals surface area (Å²) in [6.07, 6.45) is 5.24. The lowest BCUT2D eigenvalue weighted by Gasteiger charge is -2.35. The smallest absolute Gasteiger partial charge is 0.234 e. The van der Waals surface area contributed by atoms with Gasteiger partial charge in [0.05, 0.1) is 11.4 Å². The highest BCUT2D eigenvalue weighted by Gasteiger charge is 2.70. The zero-order chi connectivity index (χ0) is 23.5. The number of benzene rings is 1. The highest BCUT2D eigenvalue weighted by Crippen LogP contribution is 2.61. The van der Waals surface area contributed by atoms with Gasteiger partial charge in [0.2, 0.25) is 11.8 Å². The third-order valence-electron chi connectivity index (χ3n) is 8.27. The number of hydrogen-bond acceptors (Lipinski definition) is 6. The summed E-state index contributed by atoms with van der Waals surface area (Å²) in [5, 5.41) is 2.77. The molecule has 5 heterocycles. The number of nitrogens with one attached hydrogen (secondary N) is 1. The van der Waals surface area contributed by atoms with Crippen molar-refractivity contribution in [3.63, 3.8) is 0 Å². The standard InChI is InChI=1S/C26H30FN3O4/c1-25-15-30(14-16-6-10-33-11-7-16)9-8-26(25,34-25)20-3-4-21-19(23(20)27)12-17(13-28-21)18-2-5-22(31)29-24(18)32/h3-4,12-13,16,18H,2,5-11,14-15H2,1H3,(H,29,31,32). The largest absolute Gasteiger partial charge is 0.381 e. The van der Waals surface area contributed by atoms with Crippen LogP contribution in [0.2, 0.25) is 0 Å². The number of imide groups is 1. The molecule has 2 amide bonds. The Hall–Kier alpha value is -2.42. The first-order chi connectivity index (χ1) is 16.4. The summed E-state index contributed by atoms with van der Waals surface area (Å²) in [4.78, 5) is 30.7. The van der Waals surface area contributed by atoms with Gasteiger partial charge in [-0.15, -0.1) is 0 Å². The number of hydrogen-bond donors (Lipinski definition) is 1. The van der Waals surface area contributed by atoms with E-state index in [9.17, 15) is 9.59 Å². The highest BCUT2D eigenvalue weighted by molar-refractivity contribution is 6.01. The number of carbonyl (C=O) groups excluding carboxylic acids is 2. The van der Waals surface area contributed by atoms with E-state index < -0.39 is 17.1 Å². The summed E-state index contributed by atoms with van der Waals surface area (Å²) in [5.41, 5.74) is 0.724. The molecule has 0 spiro atoms. The van der Waals surface area contributed by atoms with Gasteiger partial charge in [0, 0.05) is 56.4 Å². The predicted molar refractivity (Wildman–Crippen MR) is 123 cm³/mol. The number of aromatic nitrogens is 1. The van der Waals surface area contributed by atoms with Gasteiger partial charge in [-0.05, 0) is 56.2 Å². The molecule has 0 bridgehead atoms. The van der Waals surface area contributed by atoms with Crippen molar-refractivity contribution in [1.29, 1.82) is 0 Å². The number of piperidine rings is 2. The third kappa shape index (κ3) is 3.54. The lowest BCUT2D eigenvalue weighted by Crippen LogP contribution is -2.46. The molecule has 4 aliphatic rings. The van der Waals surface area contributed by atoms with Crippen molar-refractivity contribution < 1.29 is 23.5 Å². The van der Waals surface area contributed by atoms with Gasteiger partial charge >= 0.3 is 0 Å². The maximum atomic E-state index is 16.0. The Balaban J connectivity index is 1.26. The number of carbonyl (C=O) groups is 2. The van der Waals surface area contributed by atoms with Crippen molar-refractivity contribution >= 4 is 22.7 Å². The average molecular weight is 468 g/mol. The van der Waals surface area contributed by atoms with E-state index in [0.29, 0.717) is 34.4 Å². The molecule has 8 heteroatoms. The summed E-state index contributed by atoms with van der Waals surface area (Å²) in [5.74, 6) is -0.774. The van der Waals surface area contributed by atoms with Crippen LogP contribution in [-0.2, 0) is 24.7 Å². The van der Waals surface area contributed by atoms with Crippen LogP contribution in [0.3, 0.4) is 0 Å². The van der Waals surface area contributed by atoms with Gasteiger partial charge in [0.15, 0.2) is 0 Å². The van der Waals surface area contributed by atoms with Crippen LogP contribution in [-0.4, -0.2) is 60.1 Å². The number of nitrogens with zero attached hydrogens (tertiary/aromatic N) is 2. The van der Waals surface area contributed by atoms with E-state index >= 15 is 4.39 Å². The van der Waals surface area contributed by atoms with E-state index in [2.05, 4.69) is 22.1 Å². The maximum absolute atomic E-state index is 16.0. The summed E-state index contributed by atoms with van der Waals surface area (Å²) in [6, 6.07) is 5.38. The van der Waals surface area contributed by atoms with Crippen molar-refractivity contribution in [3.05, 3.63) is 41.3 Å². The normalized spacial score (nSPS) is 32.5. The number of halogens is 1. The highest BCUT2D eigenvalue weighted by atomic mass is 19.1. The molecule has 4 aliphatic heterocycles. The molecule has 4 saturated heterocycles. The molecule has 4 fully saturated rings. The number of fused-ring (bicyclic) bond motifs is 2. The number of pyridine rings is 1. The van der Waals surface area contributed by atoms with E-state index in [1.54, 1.807) is 12.3 Å². The second-order valence-corrected chi connectivity index (χ2v) is 10.5. The first-order valence-corrected chi connectivity index (χ1v) is 12.3. The fourth-order valence-corrected chi connectivity index (χ4v) is 6.27. The van der Waals surface area contributed by atoms with Crippen molar-refractivity contribution in [3.8, 4) is 0 Å². The molecule has 1 aromatic heterocycles. The molecule has 3 atom stereocenters. The Morgan fingerprint density at radius 3 is 2.82 bits per heavy atom. The van der Waals surface area contributed by atoms with Gasteiger partial charge in [-0.3, -0.25) is 24.8 Å². The van der Waals surface area contributed by atoms with Crippen LogP contribution in [0.25, 0.3) is 10.9 Å². The zero-order valence-corrected chi connectivity index (χ0v) is 19.4. The topological polar surface area (TPSA) is 84.1 Å². The molecule has 0 saturated carbocycles. The monoisotopic (exact) mass is 467 g/mol. The Bertz CT molecular complexity index is 1170. The Morgan fingerprint density at radius 2 is 2.06 bits per heavy atom. The third-order valence-corrected chi connectivity index (χ3v) is 8.27. The summed E-state index contributed by atoms with van der Waals surface area (Å²) >= 11 is 0. The minimum absolute atomic E-state index is 0.268. The van der Waals surface area contributed by atoms with Crippen LogP contribution in [0.15, 0.2) is 24.4 Å². The molecule has 1 aromatic carbocycles. The van der Waals surface area contributed by atoms with Crippen molar-refractivity contribution in [2.75, 3.05) is 32.8 Å². The van der Waals surface area contributed by atoms with E-state index in [1.165, 1.54) is 0 Å². The van der Waals surface area contributed by atoms with Crippen molar-refractivity contribution in [2.45, 2.75) is 56.1 Å². The van der Waals surface area contributed by atoms with Crippen LogP contribution in [0.1, 0.15) is 56.1 Å². The van der Waals surface area contributed by atoms with Gasteiger partial charge in [-0.2, -0.15) is 0 Å². The lowest BCUT2D eigenvalue weighted by atomic mass is 9.80. The average Bonchev–Trinajstić information content (AvgIpc) is 3.45. The molecule has 3 unspecified atom stereocenters. The summed E-state index contributed by atoms with van der Waals surface area (Å²) < 4.78 is 27.8. The maximum Gasteiger partial charge on any atom is 0.234 e. The van der Waals surface area contributed by atoms with Gasteiger partial charge < -0.3 is 9.47 Å². The lowest BCUT2D eigenvalue weighted by molar-refractivity contribution is -0.134. The van der Waals surface area contributed by atoms with Crippen LogP contribution < -0.4 is 5.32 Å². The zero-order valence-electron chi connectivity index (χ0n) is 19.4. The van der Waals surface area contributed by atoms with Gasteiger partial charge in [0.1, 0.15) is 17.0 Å². The fourth-order valence-electron chi connectivity index (χ4n) is 6.27. The predicted octanol–water partition coefficient (Wildman–Crippen LogP) is 3.01. The molecule has 2 aromatic rings. The number of rotatable bonds is 4. The van der Waals surface area contributed by atoms with Crippen LogP contribution in [0, 0.1) is 11.7 Å². The number of ether oxygens (including phenoxy) is 2. The number of amides is 2. The van der Waals surface area contributed by atoms with Crippen LogP contribution in [0.5, 0.6) is 0 Å². The number of epoxide rings is 1. The van der Waals surface area contributed by atoms with E-state index in [1.807, 2.05) is 12.1 Å². The molecule has 0 radical (unpaired) electrons. The Morgan fingerprint density at radius 1 is 1.24 bits per heavy atom. The fraction of sp³-hybridized carbons (Fsp3) is 0.577. The SMILES string of the molecule is CC12CN(CC3CCOCC3)CCC1(c1ccc3ncc(C4CCC(=O)NC4=O)cc3c1F)O2. The van der Waals surface area contributed by atoms with Crippen molar-refractivity contribution in [2.24, 2.45) is 5.92 Å². The van der Waals surface area contributed by atoms with Crippen LogP contribution in [0.4, 0.5) is 4.39 Å². The Kier molecular flexibility index (Phi) is 5.24. The van der Waals surface area contributed by atoms with Crippen LogP contribution >= 0.6 is 0 Å². The second-order valence-electron chi connectivity index (χ2n) is 10.5. The molecule has 180 valence electrons. The van der Waals surface area contributed by atoms with E-state index in [0.717, 1.165) is 52.1 Å². The molecule has 1 N–H and O–H groups in total.